The molecule has 0 atom stereocenters. The zero-order valence-electron chi connectivity index (χ0n) is 4.96. The molecule has 0 aliphatic heterocycles. The van der Waals surface area contributed by atoms with Gasteiger partial charge >= 0.3 is 6.47 Å². The topological polar surface area (TPSA) is 60.4 Å². The van der Waals surface area contributed by atoms with Gasteiger partial charge in [0.15, 0.2) is 15.8 Å². The molecule has 0 N–H and O–H groups in total. The summed E-state index contributed by atoms with van der Waals surface area (Å²) in [6.07, 6.45) is 0. The van der Waals surface area contributed by atoms with Gasteiger partial charge < -0.3 is 4.74 Å². The van der Waals surface area contributed by atoms with Crippen molar-refractivity contribution in [1.82, 2.24) is 0 Å². The Bertz CT molecular complexity index is 169. The smallest absolute Gasteiger partial charge is 0.418 e. The van der Waals surface area contributed by atoms with E-state index in [4.69, 9.17) is 0 Å². The molecule has 0 amide bonds. The van der Waals surface area contributed by atoms with Gasteiger partial charge in [-0.15, -0.1) is 0 Å². The summed E-state index contributed by atoms with van der Waals surface area (Å²) in [7, 11) is -3.17. The lowest BCUT2D eigenvalue weighted by Crippen LogP contribution is -2.10. The largest absolute Gasteiger partial charge is 0.441 e. The lowest BCUT2D eigenvalue weighted by Gasteiger charge is -1.94. The van der Waals surface area contributed by atoms with Crippen LogP contribution >= 0.6 is 0 Å². The maximum atomic E-state index is 10.5. The average Bonchev–Trinajstić information content (AvgIpc) is 1.84. The Morgan fingerprint density at radius 2 is 2.11 bits per heavy atom. The van der Waals surface area contributed by atoms with E-state index in [9.17, 15) is 13.2 Å². The third-order valence-corrected chi connectivity index (χ3v) is 2.09. The third kappa shape index (κ3) is 3.96. The normalized spacial score (nSPS) is 10.8. The monoisotopic (exact) mass is 151 g/mol. The van der Waals surface area contributed by atoms with E-state index < -0.39 is 15.8 Å². The van der Waals surface area contributed by atoms with Crippen LogP contribution in [0.1, 0.15) is 6.92 Å². The Kier molecular flexibility index (Phi) is 3.22. The van der Waals surface area contributed by atoms with E-state index >= 15 is 0 Å². The molecule has 0 aromatic heterocycles. The minimum atomic E-state index is -3.17. The molecule has 0 saturated heterocycles. The molecule has 5 heteroatoms. The maximum Gasteiger partial charge on any atom is 0.418 e. The van der Waals surface area contributed by atoms with Crippen LogP contribution in [0.3, 0.4) is 0 Å². The molecular weight excluding hydrogens is 144 g/mol. The minimum Gasteiger partial charge on any atom is -0.441 e. The van der Waals surface area contributed by atoms with Crippen LogP contribution in [0.25, 0.3) is 0 Å². The molecule has 0 aliphatic rings. The number of carbonyl (C=O) groups excluding carboxylic acids is 1. The van der Waals surface area contributed by atoms with Crippen molar-refractivity contribution in [2.24, 2.45) is 0 Å². The van der Waals surface area contributed by atoms with Crippen LogP contribution in [0.4, 0.5) is 0 Å². The minimum absolute atomic E-state index is 0.0192. The van der Waals surface area contributed by atoms with Gasteiger partial charge in [0, 0.05) is 0 Å². The fraction of sp³-hybridized carbons (Fsp3) is 0.750. The molecule has 0 bridgehead atoms. The molecule has 53 valence electrons. The third-order valence-electron chi connectivity index (χ3n) is 0.737. The van der Waals surface area contributed by atoms with Crippen molar-refractivity contribution in [1.29, 1.82) is 0 Å². The Hall–Kier alpha value is -0.580. The molecule has 0 saturated carbocycles. The van der Waals surface area contributed by atoms with Crippen molar-refractivity contribution in [2.75, 3.05) is 11.7 Å². The highest BCUT2D eigenvalue weighted by atomic mass is 32.2. The van der Waals surface area contributed by atoms with Crippen molar-refractivity contribution >= 4 is 16.3 Å². The molecule has 0 aliphatic carbocycles. The Labute approximate surface area is 53.7 Å². The Balaban J connectivity index is 3.74. The number of hydrogen-bond donors (Lipinski definition) is 0. The Morgan fingerprint density at radius 1 is 1.56 bits per heavy atom. The molecule has 9 heavy (non-hydrogen) atoms. The Morgan fingerprint density at radius 3 is 2.44 bits per heavy atom. The average molecular weight is 151 g/mol. The van der Waals surface area contributed by atoms with Gasteiger partial charge in [0.25, 0.3) is 0 Å². The second-order valence-corrected chi connectivity index (χ2v) is 3.68. The van der Waals surface area contributed by atoms with E-state index in [-0.39, 0.29) is 5.75 Å². The summed E-state index contributed by atoms with van der Waals surface area (Å²) >= 11 is 0. The maximum absolute atomic E-state index is 10.5. The molecule has 0 aromatic carbocycles. The van der Waals surface area contributed by atoms with Gasteiger partial charge in [-0.1, -0.05) is 6.92 Å². The lowest BCUT2D eigenvalue weighted by atomic mass is 11.0. The van der Waals surface area contributed by atoms with Gasteiger partial charge in [0.1, 0.15) is 0 Å². The molecule has 0 rings (SSSR count). The van der Waals surface area contributed by atoms with Crippen LogP contribution < -0.4 is 0 Å². The van der Waals surface area contributed by atoms with E-state index in [0.717, 1.165) is 6.47 Å². The number of hydrogen-bond acceptors (Lipinski definition) is 4. The van der Waals surface area contributed by atoms with Crippen molar-refractivity contribution in [2.45, 2.75) is 6.92 Å². The van der Waals surface area contributed by atoms with E-state index in [1.54, 1.807) is 0 Å². The fourth-order valence-corrected chi connectivity index (χ4v) is 0.592. The first-order chi connectivity index (χ1) is 4.12. The van der Waals surface area contributed by atoms with E-state index in [0.29, 0.717) is 0 Å². The highest BCUT2D eigenvalue weighted by Gasteiger charge is 2.05. The van der Waals surface area contributed by atoms with Gasteiger partial charge in [0.2, 0.25) is 0 Å². The molecule has 0 spiro atoms. The van der Waals surface area contributed by atoms with Gasteiger partial charge in [0.05, 0.1) is 5.75 Å². The lowest BCUT2D eigenvalue weighted by molar-refractivity contribution is 0.326. The van der Waals surface area contributed by atoms with E-state index in [2.05, 4.69) is 4.74 Å². The van der Waals surface area contributed by atoms with Crippen LogP contribution in [0.2, 0.25) is 0 Å². The van der Waals surface area contributed by atoms with Gasteiger partial charge in [-0.25, -0.2) is 13.2 Å². The first kappa shape index (κ1) is 8.42. The van der Waals surface area contributed by atoms with Crippen molar-refractivity contribution in [3.05, 3.63) is 0 Å². The highest BCUT2D eigenvalue weighted by Crippen LogP contribution is 1.87. The second-order valence-electron chi connectivity index (χ2n) is 1.38. The van der Waals surface area contributed by atoms with Crippen molar-refractivity contribution in [3.63, 3.8) is 0 Å². The number of rotatable bonds is 4. The predicted molar refractivity (Wildman–Crippen MR) is 31.1 cm³/mol. The van der Waals surface area contributed by atoms with Crippen molar-refractivity contribution in [3.8, 4) is 0 Å². The van der Waals surface area contributed by atoms with Gasteiger partial charge in [-0.2, -0.15) is 0 Å². The first-order valence-corrected chi connectivity index (χ1v) is 4.14. The van der Waals surface area contributed by atoms with Crippen LogP contribution in [-0.2, 0) is 19.4 Å². The van der Waals surface area contributed by atoms with Crippen molar-refractivity contribution < 1.29 is 17.9 Å². The summed E-state index contributed by atoms with van der Waals surface area (Å²) in [5.74, 6) is -0.582. The second kappa shape index (κ2) is 3.45. The van der Waals surface area contributed by atoms with Crippen LogP contribution in [0, 0.1) is 0 Å². The molecule has 4 nitrogen and oxygen atoms in total. The summed E-state index contributed by atoms with van der Waals surface area (Å²) in [6, 6.07) is 0. The van der Waals surface area contributed by atoms with Gasteiger partial charge in [-0.05, 0) is 0 Å². The summed E-state index contributed by atoms with van der Waals surface area (Å²) in [4.78, 5) is 9.36. The molecule has 1 radical (unpaired) electrons. The molecule has 0 aromatic rings. The standard InChI is InChI=1S/C4H7O4S/c1-2-9(6,7)4-8-3-5/h2,4H2,1H3. The highest BCUT2D eigenvalue weighted by molar-refractivity contribution is 7.91. The van der Waals surface area contributed by atoms with Crippen LogP contribution in [0.15, 0.2) is 0 Å². The number of sulfone groups is 1. The quantitative estimate of drug-likeness (QED) is 0.541. The number of ether oxygens (including phenoxy) is 1. The zero-order chi connectivity index (χ0) is 7.33. The van der Waals surface area contributed by atoms with Crippen LogP contribution in [0.5, 0.6) is 0 Å². The molecule has 0 heterocycles. The zero-order valence-corrected chi connectivity index (χ0v) is 5.77. The van der Waals surface area contributed by atoms with Crippen LogP contribution in [-0.4, -0.2) is 26.6 Å². The first-order valence-electron chi connectivity index (χ1n) is 2.31. The summed E-state index contributed by atoms with van der Waals surface area (Å²) in [6.45, 7) is 2.50. The SMILES string of the molecule is CCS(=O)(=O)CO[C]=O. The summed E-state index contributed by atoms with van der Waals surface area (Å²) < 4.78 is 24.8. The molecule has 0 unspecified atom stereocenters. The predicted octanol–water partition coefficient (Wildman–Crippen LogP) is -0.538. The fourth-order valence-electron chi connectivity index (χ4n) is 0.197. The summed E-state index contributed by atoms with van der Waals surface area (Å²) in [5, 5.41) is 0. The molecule has 0 fully saturated rings. The van der Waals surface area contributed by atoms with E-state index in [1.165, 1.54) is 6.92 Å². The molecular formula is C4H7O4S. The van der Waals surface area contributed by atoms with Gasteiger partial charge in [-0.3, -0.25) is 0 Å². The summed E-state index contributed by atoms with van der Waals surface area (Å²) in [5.41, 5.74) is 0. The van der Waals surface area contributed by atoms with E-state index in [1.807, 2.05) is 0 Å².